The molecule has 0 aliphatic heterocycles. The topological polar surface area (TPSA) is 85.4 Å². The van der Waals surface area contributed by atoms with E-state index in [1.54, 1.807) is 19.2 Å². The van der Waals surface area contributed by atoms with Crippen molar-refractivity contribution in [2.45, 2.75) is 26.5 Å². The molecule has 0 unspecified atom stereocenters. The van der Waals surface area contributed by atoms with Crippen molar-refractivity contribution < 1.29 is 14.3 Å². The number of amides is 1. The first kappa shape index (κ1) is 20.1. The summed E-state index contributed by atoms with van der Waals surface area (Å²) in [5.41, 5.74) is 2.03. The number of methoxy groups -OCH3 is 1. The average Bonchev–Trinajstić information content (AvgIpc) is 2.74. The fourth-order valence-electron chi connectivity index (χ4n) is 2.65. The van der Waals surface area contributed by atoms with Crippen LogP contribution in [0.5, 0.6) is 11.5 Å². The second-order valence-corrected chi connectivity index (χ2v) is 6.61. The number of rotatable bonds is 8. The molecule has 3 aromatic rings. The molecule has 0 saturated heterocycles. The Labute approximate surface area is 170 Å². The fraction of sp³-hybridized carbons (Fsp3) is 0.227. The van der Waals surface area contributed by atoms with Gasteiger partial charge in [-0.2, -0.15) is 0 Å². The summed E-state index contributed by atoms with van der Waals surface area (Å²) in [5, 5.41) is 5.95. The number of nitrogens with zero attached hydrogens (tertiary/aromatic N) is 2. The highest BCUT2D eigenvalue weighted by molar-refractivity contribution is 6.03. The molecule has 0 spiro atoms. The number of hydrogen-bond donors (Lipinski definition) is 2. The highest BCUT2D eigenvalue weighted by Crippen LogP contribution is 2.19. The number of hydrogen-bond acceptors (Lipinski definition) is 6. The smallest absolute Gasteiger partial charge is 0.258 e. The van der Waals surface area contributed by atoms with Crippen LogP contribution in [0, 0.1) is 0 Å². The molecule has 1 heterocycles. The third kappa shape index (κ3) is 5.68. The normalized spacial score (nSPS) is 10.5. The van der Waals surface area contributed by atoms with Crippen LogP contribution in [0.4, 0.5) is 11.6 Å². The molecule has 0 atom stereocenters. The van der Waals surface area contributed by atoms with E-state index >= 15 is 0 Å². The van der Waals surface area contributed by atoms with Crippen LogP contribution < -0.4 is 20.1 Å². The molecule has 0 aliphatic carbocycles. The number of anilines is 2. The minimum atomic E-state index is -0.279. The number of benzene rings is 2. The second kappa shape index (κ2) is 9.54. The zero-order chi connectivity index (χ0) is 20.6. The number of carbonyl (C=O) groups excluding carboxylic acids is 1. The maximum Gasteiger partial charge on any atom is 0.258 e. The summed E-state index contributed by atoms with van der Waals surface area (Å²) < 4.78 is 10.9. The van der Waals surface area contributed by atoms with Gasteiger partial charge in [-0.3, -0.25) is 4.79 Å². The van der Waals surface area contributed by atoms with Crippen molar-refractivity contribution in [2.24, 2.45) is 0 Å². The Morgan fingerprint density at radius 3 is 2.38 bits per heavy atom. The zero-order valence-corrected chi connectivity index (χ0v) is 16.7. The van der Waals surface area contributed by atoms with Crippen molar-refractivity contribution in [3.05, 3.63) is 72.1 Å². The number of para-hydroxylation sites is 1. The van der Waals surface area contributed by atoms with Gasteiger partial charge in [0, 0.05) is 30.2 Å². The van der Waals surface area contributed by atoms with Gasteiger partial charge in [-0.15, -0.1) is 0 Å². The van der Waals surface area contributed by atoms with E-state index in [1.165, 1.54) is 12.4 Å². The van der Waals surface area contributed by atoms with E-state index in [2.05, 4.69) is 20.6 Å². The maximum absolute atomic E-state index is 12.4. The van der Waals surface area contributed by atoms with Crippen LogP contribution in [-0.2, 0) is 6.54 Å². The van der Waals surface area contributed by atoms with Crippen LogP contribution >= 0.6 is 0 Å². The van der Waals surface area contributed by atoms with Gasteiger partial charge >= 0.3 is 0 Å². The summed E-state index contributed by atoms with van der Waals surface area (Å²) >= 11 is 0. The fourth-order valence-corrected chi connectivity index (χ4v) is 2.65. The van der Waals surface area contributed by atoms with E-state index in [1.807, 2.05) is 50.2 Å². The van der Waals surface area contributed by atoms with Gasteiger partial charge in [-0.1, -0.05) is 18.2 Å². The molecular formula is C22H24N4O3. The van der Waals surface area contributed by atoms with Crippen LogP contribution in [0.1, 0.15) is 29.8 Å². The Morgan fingerprint density at radius 1 is 1.03 bits per heavy atom. The quantitative estimate of drug-likeness (QED) is 0.599. The minimum Gasteiger partial charge on any atom is -0.496 e. The molecule has 0 fully saturated rings. The molecule has 0 aliphatic rings. The van der Waals surface area contributed by atoms with E-state index in [0.29, 0.717) is 23.7 Å². The van der Waals surface area contributed by atoms with Gasteiger partial charge in [-0.05, 0) is 44.2 Å². The van der Waals surface area contributed by atoms with Crippen LogP contribution in [-0.4, -0.2) is 29.1 Å². The SMILES string of the molecule is COc1ccccc1CNc1ncc(C(=O)Nc2ccc(OC(C)C)cc2)cn1. The van der Waals surface area contributed by atoms with E-state index in [4.69, 9.17) is 9.47 Å². The lowest BCUT2D eigenvalue weighted by Crippen LogP contribution is -2.13. The molecule has 29 heavy (non-hydrogen) atoms. The average molecular weight is 392 g/mol. The lowest BCUT2D eigenvalue weighted by molar-refractivity contribution is 0.102. The Bertz CT molecular complexity index is 941. The van der Waals surface area contributed by atoms with E-state index < -0.39 is 0 Å². The molecule has 7 heteroatoms. The third-order valence-electron chi connectivity index (χ3n) is 4.03. The summed E-state index contributed by atoms with van der Waals surface area (Å²) in [7, 11) is 1.63. The van der Waals surface area contributed by atoms with Gasteiger partial charge < -0.3 is 20.1 Å². The van der Waals surface area contributed by atoms with E-state index in [-0.39, 0.29) is 12.0 Å². The summed E-state index contributed by atoms with van der Waals surface area (Å²) in [5.74, 6) is 1.70. The first-order valence-corrected chi connectivity index (χ1v) is 9.31. The molecule has 2 aromatic carbocycles. The summed E-state index contributed by atoms with van der Waals surface area (Å²) in [6.45, 7) is 4.44. The Hall–Kier alpha value is -3.61. The molecule has 0 bridgehead atoms. The van der Waals surface area contributed by atoms with Gasteiger partial charge in [0.25, 0.3) is 5.91 Å². The first-order chi connectivity index (χ1) is 14.0. The van der Waals surface area contributed by atoms with E-state index in [0.717, 1.165) is 17.1 Å². The Morgan fingerprint density at radius 2 is 1.72 bits per heavy atom. The first-order valence-electron chi connectivity index (χ1n) is 9.31. The van der Waals surface area contributed by atoms with Crippen LogP contribution in [0.15, 0.2) is 60.9 Å². The number of ether oxygens (including phenoxy) is 2. The molecule has 0 radical (unpaired) electrons. The standard InChI is InChI=1S/C22H24N4O3/c1-15(2)29-19-10-8-18(9-11-19)26-21(27)17-13-24-22(25-14-17)23-12-16-6-4-5-7-20(16)28-3/h4-11,13-15H,12H2,1-3H3,(H,26,27)(H,23,24,25). The van der Waals surface area contributed by atoms with Crippen molar-refractivity contribution in [3.63, 3.8) is 0 Å². The molecule has 7 nitrogen and oxygen atoms in total. The third-order valence-corrected chi connectivity index (χ3v) is 4.03. The predicted octanol–water partition coefficient (Wildman–Crippen LogP) is 4.14. The molecule has 150 valence electrons. The minimum absolute atomic E-state index is 0.0997. The lowest BCUT2D eigenvalue weighted by Gasteiger charge is -2.11. The van der Waals surface area contributed by atoms with Crippen molar-refractivity contribution in [1.82, 2.24) is 9.97 Å². The van der Waals surface area contributed by atoms with Gasteiger partial charge in [0.05, 0.1) is 18.8 Å². The van der Waals surface area contributed by atoms with Crippen molar-refractivity contribution in [1.29, 1.82) is 0 Å². The van der Waals surface area contributed by atoms with E-state index in [9.17, 15) is 4.79 Å². The van der Waals surface area contributed by atoms with Crippen molar-refractivity contribution in [3.8, 4) is 11.5 Å². The number of carbonyl (C=O) groups is 1. The van der Waals surface area contributed by atoms with Gasteiger partial charge in [0.15, 0.2) is 0 Å². The van der Waals surface area contributed by atoms with Crippen LogP contribution in [0.2, 0.25) is 0 Å². The molecule has 2 N–H and O–H groups in total. The molecule has 3 rings (SSSR count). The lowest BCUT2D eigenvalue weighted by atomic mass is 10.2. The highest BCUT2D eigenvalue weighted by atomic mass is 16.5. The largest absolute Gasteiger partial charge is 0.496 e. The second-order valence-electron chi connectivity index (χ2n) is 6.61. The monoisotopic (exact) mass is 392 g/mol. The number of aromatic nitrogens is 2. The summed E-state index contributed by atoms with van der Waals surface area (Å²) in [6, 6.07) is 14.9. The molecule has 1 aromatic heterocycles. The summed E-state index contributed by atoms with van der Waals surface area (Å²) in [6.07, 6.45) is 3.08. The van der Waals surface area contributed by atoms with Crippen molar-refractivity contribution >= 4 is 17.5 Å². The van der Waals surface area contributed by atoms with Gasteiger partial charge in [0.2, 0.25) is 5.95 Å². The highest BCUT2D eigenvalue weighted by Gasteiger charge is 2.09. The van der Waals surface area contributed by atoms with Gasteiger partial charge in [-0.25, -0.2) is 9.97 Å². The Balaban J connectivity index is 1.57. The van der Waals surface area contributed by atoms with Gasteiger partial charge in [0.1, 0.15) is 11.5 Å². The van der Waals surface area contributed by atoms with Crippen LogP contribution in [0.3, 0.4) is 0 Å². The molecular weight excluding hydrogens is 368 g/mol. The van der Waals surface area contributed by atoms with Crippen LogP contribution in [0.25, 0.3) is 0 Å². The molecule has 0 saturated carbocycles. The predicted molar refractivity (Wildman–Crippen MR) is 113 cm³/mol. The van der Waals surface area contributed by atoms with Crippen molar-refractivity contribution in [2.75, 3.05) is 17.7 Å². The maximum atomic E-state index is 12.4. The Kier molecular flexibility index (Phi) is 6.63. The zero-order valence-electron chi connectivity index (χ0n) is 16.7. The number of nitrogens with one attached hydrogen (secondary N) is 2. The molecule has 1 amide bonds. The summed E-state index contributed by atoms with van der Waals surface area (Å²) in [4.78, 5) is 20.8.